The van der Waals surface area contributed by atoms with Gasteiger partial charge in [0.05, 0.1) is 28.2 Å². The summed E-state index contributed by atoms with van der Waals surface area (Å²) in [6.07, 6.45) is -1.47. The number of hydrogen-bond acceptors (Lipinski definition) is 7. The number of carbonyl (C=O) groups excluding carboxylic acids is 2. The second kappa shape index (κ2) is 10.9. The van der Waals surface area contributed by atoms with Crippen molar-refractivity contribution in [1.82, 2.24) is 20.1 Å². The van der Waals surface area contributed by atoms with Gasteiger partial charge in [-0.3, -0.25) is 14.5 Å². The van der Waals surface area contributed by atoms with Gasteiger partial charge in [-0.25, -0.2) is 4.98 Å². The molecule has 3 N–H and O–H groups in total. The summed E-state index contributed by atoms with van der Waals surface area (Å²) in [7, 11) is 0. The lowest BCUT2D eigenvalue weighted by molar-refractivity contribution is -0.149. The lowest BCUT2D eigenvalue weighted by Gasteiger charge is -2.36. The average Bonchev–Trinajstić information content (AvgIpc) is 3.60. The van der Waals surface area contributed by atoms with E-state index in [0.717, 1.165) is 32.8 Å². The molecule has 3 heterocycles. The van der Waals surface area contributed by atoms with Gasteiger partial charge in [-0.1, -0.05) is 62.4 Å². The summed E-state index contributed by atoms with van der Waals surface area (Å²) in [4.78, 5) is 35.8. The number of benzene rings is 2. The Morgan fingerprint density at radius 3 is 2.53 bits per heavy atom. The highest BCUT2D eigenvalue weighted by atomic mass is 32.1. The van der Waals surface area contributed by atoms with Crippen molar-refractivity contribution < 1.29 is 19.8 Å². The lowest BCUT2D eigenvalue weighted by atomic mass is 10.00. The van der Waals surface area contributed by atoms with Crippen LogP contribution in [0, 0.1) is 12.8 Å². The van der Waals surface area contributed by atoms with E-state index in [1.54, 1.807) is 16.2 Å². The Hall–Kier alpha value is -3.11. The highest BCUT2D eigenvalue weighted by Gasteiger charge is 2.46. The number of likely N-dealkylation sites (tertiary alicyclic amines) is 1. The number of hydrogen-bond donors (Lipinski definition) is 3. The Bertz CT molecular complexity index is 1310. The number of aromatic nitrogens is 1. The van der Waals surface area contributed by atoms with Gasteiger partial charge in [0, 0.05) is 26.1 Å². The Kier molecular flexibility index (Phi) is 7.63. The van der Waals surface area contributed by atoms with Gasteiger partial charge in [0.25, 0.3) is 0 Å². The molecule has 2 aliphatic heterocycles. The van der Waals surface area contributed by atoms with E-state index < -0.39 is 24.4 Å². The number of carbonyl (C=O) groups is 2. The lowest BCUT2D eigenvalue weighted by Crippen LogP contribution is -2.54. The molecule has 2 amide bonds. The Morgan fingerprint density at radius 2 is 1.87 bits per heavy atom. The third kappa shape index (κ3) is 5.11. The van der Waals surface area contributed by atoms with Crippen molar-refractivity contribution in [3.8, 4) is 10.4 Å². The maximum absolute atomic E-state index is 13.9. The number of nitrogens with one attached hydrogen (secondary N) is 1. The average molecular weight is 535 g/mol. The molecule has 3 aromatic rings. The SMILES string of the molecule is Cc1ncsc1-c1ccc(CNC(=O)[C@@H]2C[C@@H](O)CN2C(=O)[C@H](C(C)C)N2Cc3ccccc3C2O)cc1. The number of β-amino-alcohol motifs (C(OH)–C–C–N with tert-alkyl or cyclic N) is 1. The molecular formula is C29H34N4O4S. The minimum absolute atomic E-state index is 0.0971. The molecule has 0 bridgehead atoms. The molecular weight excluding hydrogens is 500 g/mol. The van der Waals surface area contributed by atoms with E-state index in [4.69, 9.17) is 0 Å². The summed E-state index contributed by atoms with van der Waals surface area (Å²) in [5, 5.41) is 24.4. The third-order valence-electron chi connectivity index (χ3n) is 7.54. The molecule has 38 heavy (non-hydrogen) atoms. The maximum Gasteiger partial charge on any atom is 0.243 e. The topological polar surface area (TPSA) is 106 Å². The van der Waals surface area contributed by atoms with E-state index in [9.17, 15) is 19.8 Å². The number of nitrogens with zero attached hydrogens (tertiary/aromatic N) is 3. The van der Waals surface area contributed by atoms with Gasteiger partial charge in [0.1, 0.15) is 12.3 Å². The van der Waals surface area contributed by atoms with Crippen molar-refractivity contribution in [2.45, 2.75) is 64.7 Å². The van der Waals surface area contributed by atoms with Crippen LogP contribution >= 0.6 is 11.3 Å². The molecule has 0 saturated carbocycles. The zero-order chi connectivity index (χ0) is 27.0. The number of rotatable bonds is 7. The van der Waals surface area contributed by atoms with Gasteiger partial charge in [-0.2, -0.15) is 0 Å². The molecule has 200 valence electrons. The van der Waals surface area contributed by atoms with E-state index in [-0.39, 0.29) is 30.7 Å². The number of aliphatic hydroxyl groups is 2. The highest BCUT2D eigenvalue weighted by Crippen LogP contribution is 2.36. The Balaban J connectivity index is 1.27. The Morgan fingerprint density at radius 1 is 1.13 bits per heavy atom. The predicted octanol–water partition coefficient (Wildman–Crippen LogP) is 3.23. The quantitative estimate of drug-likeness (QED) is 0.430. The van der Waals surface area contributed by atoms with Gasteiger partial charge < -0.3 is 20.4 Å². The summed E-state index contributed by atoms with van der Waals surface area (Å²) in [5.41, 5.74) is 6.64. The van der Waals surface area contributed by atoms with Crippen LogP contribution in [0.3, 0.4) is 0 Å². The van der Waals surface area contributed by atoms with Crippen LogP contribution in [0.25, 0.3) is 10.4 Å². The molecule has 0 radical (unpaired) electrons. The number of aliphatic hydroxyl groups excluding tert-OH is 2. The van der Waals surface area contributed by atoms with Gasteiger partial charge in [0.2, 0.25) is 11.8 Å². The largest absolute Gasteiger partial charge is 0.391 e. The van der Waals surface area contributed by atoms with Crippen molar-refractivity contribution >= 4 is 23.2 Å². The maximum atomic E-state index is 13.9. The molecule has 9 heteroatoms. The molecule has 2 aromatic carbocycles. The molecule has 1 fully saturated rings. The van der Waals surface area contributed by atoms with Gasteiger partial charge in [0.15, 0.2) is 0 Å². The molecule has 1 saturated heterocycles. The van der Waals surface area contributed by atoms with Crippen LogP contribution in [-0.4, -0.2) is 61.5 Å². The highest BCUT2D eigenvalue weighted by molar-refractivity contribution is 7.13. The minimum atomic E-state index is -0.890. The first-order valence-corrected chi connectivity index (χ1v) is 13.9. The van der Waals surface area contributed by atoms with Crippen LogP contribution in [0.2, 0.25) is 0 Å². The summed E-state index contributed by atoms with van der Waals surface area (Å²) >= 11 is 1.60. The van der Waals surface area contributed by atoms with Crippen molar-refractivity contribution in [3.63, 3.8) is 0 Å². The molecule has 4 atom stereocenters. The first kappa shape index (κ1) is 26.5. The number of thiazole rings is 1. The summed E-state index contributed by atoms with van der Waals surface area (Å²) in [6.45, 7) is 6.74. The van der Waals surface area contributed by atoms with E-state index in [1.807, 2.05) is 74.8 Å². The van der Waals surface area contributed by atoms with Crippen LogP contribution < -0.4 is 5.32 Å². The van der Waals surface area contributed by atoms with E-state index in [0.29, 0.717) is 13.1 Å². The van der Waals surface area contributed by atoms with E-state index in [1.165, 1.54) is 4.90 Å². The smallest absolute Gasteiger partial charge is 0.243 e. The van der Waals surface area contributed by atoms with Crippen LogP contribution in [0.5, 0.6) is 0 Å². The fraction of sp³-hybridized carbons (Fsp3) is 0.414. The standard InChI is InChI=1S/C29H34N4O4S/c1-17(2)25(33-14-21-6-4-5-7-23(21)28(33)36)29(37)32-15-22(34)12-24(32)27(35)30-13-19-8-10-20(11-9-19)26-18(3)31-16-38-26/h4-11,16-17,22,24-25,28,34,36H,12-15H2,1-3H3,(H,30,35)/t22-,24+,25+,28?/m1/s1. The zero-order valence-electron chi connectivity index (χ0n) is 21.9. The first-order valence-electron chi connectivity index (χ1n) is 13.0. The van der Waals surface area contributed by atoms with Crippen LogP contribution in [0.1, 0.15) is 48.9 Å². The number of amides is 2. The normalized spacial score (nSPS) is 22.1. The van der Waals surface area contributed by atoms with E-state index in [2.05, 4.69) is 10.3 Å². The van der Waals surface area contributed by atoms with Gasteiger partial charge >= 0.3 is 0 Å². The first-order chi connectivity index (χ1) is 18.2. The van der Waals surface area contributed by atoms with Crippen molar-refractivity contribution in [2.75, 3.05) is 6.54 Å². The summed E-state index contributed by atoms with van der Waals surface area (Å²) < 4.78 is 0. The molecule has 0 aliphatic carbocycles. The van der Waals surface area contributed by atoms with Crippen LogP contribution in [0.15, 0.2) is 54.0 Å². The second-order valence-electron chi connectivity index (χ2n) is 10.5. The second-order valence-corrected chi connectivity index (χ2v) is 11.4. The molecule has 1 aromatic heterocycles. The molecule has 2 aliphatic rings. The molecule has 8 nitrogen and oxygen atoms in total. The molecule has 0 spiro atoms. The fourth-order valence-corrected chi connectivity index (χ4v) is 6.40. The number of fused-ring (bicyclic) bond motifs is 1. The Labute approximate surface area is 226 Å². The summed E-state index contributed by atoms with van der Waals surface area (Å²) in [5.74, 6) is -0.633. The van der Waals surface area contributed by atoms with Crippen LogP contribution in [0.4, 0.5) is 0 Å². The van der Waals surface area contributed by atoms with Gasteiger partial charge in [-0.15, -0.1) is 11.3 Å². The minimum Gasteiger partial charge on any atom is -0.391 e. The predicted molar refractivity (Wildman–Crippen MR) is 146 cm³/mol. The molecule has 1 unspecified atom stereocenters. The van der Waals surface area contributed by atoms with Crippen molar-refractivity contribution in [3.05, 3.63) is 76.4 Å². The third-order valence-corrected chi connectivity index (χ3v) is 8.51. The monoisotopic (exact) mass is 534 g/mol. The molecule has 5 rings (SSSR count). The summed E-state index contributed by atoms with van der Waals surface area (Å²) in [6, 6.07) is 14.2. The number of aryl methyl sites for hydroxylation is 1. The van der Waals surface area contributed by atoms with Crippen molar-refractivity contribution in [2.24, 2.45) is 5.92 Å². The van der Waals surface area contributed by atoms with Gasteiger partial charge in [-0.05, 0) is 35.1 Å². The zero-order valence-corrected chi connectivity index (χ0v) is 22.7. The van der Waals surface area contributed by atoms with Crippen molar-refractivity contribution in [1.29, 1.82) is 0 Å². The van der Waals surface area contributed by atoms with Crippen LogP contribution in [-0.2, 0) is 22.7 Å². The van der Waals surface area contributed by atoms with E-state index >= 15 is 0 Å². The fourth-order valence-electron chi connectivity index (χ4n) is 5.59.